The number of benzene rings is 2. The Hall–Kier alpha value is -3.03. The Morgan fingerprint density at radius 3 is 2.57 bits per heavy atom. The number of ketones is 1. The third-order valence-electron chi connectivity index (χ3n) is 5.73. The van der Waals surface area contributed by atoms with Gasteiger partial charge in [-0.2, -0.15) is 0 Å². The van der Waals surface area contributed by atoms with Crippen LogP contribution in [0.4, 0.5) is 0 Å². The van der Waals surface area contributed by atoms with Crippen molar-refractivity contribution in [2.24, 2.45) is 5.92 Å². The predicted octanol–water partition coefficient (Wildman–Crippen LogP) is 4.76. The molecular weight excluding hydrogens is 468 g/mol. The van der Waals surface area contributed by atoms with Crippen LogP contribution in [-0.2, 0) is 9.59 Å². The molecule has 1 saturated heterocycles. The topological polar surface area (TPSA) is 79.3 Å². The lowest BCUT2D eigenvalue weighted by Gasteiger charge is -2.26. The van der Waals surface area contributed by atoms with Gasteiger partial charge in [-0.15, -0.1) is 0 Å². The molecule has 0 bridgehead atoms. The lowest BCUT2D eigenvalue weighted by atomic mass is 9.95. The molecule has 1 aliphatic rings. The van der Waals surface area contributed by atoms with Gasteiger partial charge in [0.25, 0.3) is 11.7 Å². The fourth-order valence-corrected chi connectivity index (χ4v) is 4.21. The van der Waals surface area contributed by atoms with Crippen molar-refractivity contribution in [3.05, 3.63) is 64.2 Å². The van der Waals surface area contributed by atoms with E-state index >= 15 is 0 Å². The molecule has 188 valence electrons. The predicted molar refractivity (Wildman–Crippen MR) is 137 cm³/mol. The van der Waals surface area contributed by atoms with E-state index in [1.165, 1.54) is 12.0 Å². The lowest BCUT2D eigenvalue weighted by molar-refractivity contribution is -0.139. The van der Waals surface area contributed by atoms with Crippen molar-refractivity contribution in [1.82, 2.24) is 9.80 Å². The van der Waals surface area contributed by atoms with Crippen LogP contribution in [0.15, 0.2) is 48.0 Å². The number of halogens is 1. The summed E-state index contributed by atoms with van der Waals surface area (Å²) in [6.45, 7) is 5.78. The summed E-state index contributed by atoms with van der Waals surface area (Å²) in [5, 5.41) is 11.6. The summed E-state index contributed by atoms with van der Waals surface area (Å²) in [5.41, 5.74) is 1.07. The van der Waals surface area contributed by atoms with Crippen molar-refractivity contribution in [1.29, 1.82) is 0 Å². The molecule has 7 nitrogen and oxygen atoms in total. The number of hydrogen-bond acceptors (Lipinski definition) is 6. The fourth-order valence-electron chi connectivity index (χ4n) is 4.01. The highest BCUT2D eigenvalue weighted by Crippen LogP contribution is 2.41. The number of aliphatic hydroxyl groups excluding tert-OH is 1. The highest BCUT2D eigenvalue weighted by molar-refractivity contribution is 6.46. The summed E-state index contributed by atoms with van der Waals surface area (Å²) in [6.07, 6.45) is 0.675. The maximum atomic E-state index is 13.2. The molecule has 1 N–H and O–H groups in total. The second kappa shape index (κ2) is 11.6. The maximum absolute atomic E-state index is 13.2. The molecule has 1 heterocycles. The number of amides is 1. The van der Waals surface area contributed by atoms with E-state index < -0.39 is 17.7 Å². The van der Waals surface area contributed by atoms with Crippen LogP contribution in [0.3, 0.4) is 0 Å². The summed E-state index contributed by atoms with van der Waals surface area (Å²) in [4.78, 5) is 29.9. The Kier molecular flexibility index (Phi) is 8.81. The quantitative estimate of drug-likeness (QED) is 0.288. The number of carbonyl (C=O) groups excluding carboxylic acids is 2. The molecule has 2 aromatic carbocycles. The van der Waals surface area contributed by atoms with E-state index in [9.17, 15) is 14.7 Å². The van der Waals surface area contributed by atoms with Gasteiger partial charge in [0.2, 0.25) is 0 Å². The first-order valence-electron chi connectivity index (χ1n) is 11.6. The van der Waals surface area contributed by atoms with Crippen molar-refractivity contribution in [2.75, 3.05) is 40.9 Å². The molecule has 0 aromatic heterocycles. The highest BCUT2D eigenvalue weighted by atomic mass is 35.5. The largest absolute Gasteiger partial charge is 0.507 e. The molecule has 0 aliphatic carbocycles. The zero-order chi connectivity index (χ0) is 25.7. The van der Waals surface area contributed by atoms with Crippen LogP contribution in [-0.4, -0.2) is 67.5 Å². The van der Waals surface area contributed by atoms with E-state index in [1.54, 1.807) is 18.2 Å². The third kappa shape index (κ3) is 6.16. The number of hydrogen-bond donors (Lipinski definition) is 1. The van der Waals surface area contributed by atoms with Gasteiger partial charge in [0.1, 0.15) is 17.3 Å². The third-order valence-corrected chi connectivity index (χ3v) is 6.04. The van der Waals surface area contributed by atoms with Crippen molar-refractivity contribution in [3.63, 3.8) is 0 Å². The van der Waals surface area contributed by atoms with E-state index in [4.69, 9.17) is 21.1 Å². The number of nitrogens with zero attached hydrogens (tertiary/aromatic N) is 2. The second-order valence-corrected chi connectivity index (χ2v) is 9.68. The van der Waals surface area contributed by atoms with Crippen LogP contribution in [0.1, 0.15) is 37.4 Å². The number of methoxy groups -OCH3 is 1. The Labute approximate surface area is 211 Å². The Morgan fingerprint density at radius 1 is 1.17 bits per heavy atom. The van der Waals surface area contributed by atoms with Gasteiger partial charge in [-0.25, -0.2) is 0 Å². The first-order chi connectivity index (χ1) is 16.6. The van der Waals surface area contributed by atoms with Crippen LogP contribution < -0.4 is 9.47 Å². The molecule has 8 heteroatoms. The molecule has 1 atom stereocenters. The lowest BCUT2D eigenvalue weighted by Crippen LogP contribution is -2.32. The molecule has 0 saturated carbocycles. The highest BCUT2D eigenvalue weighted by Gasteiger charge is 2.46. The second-order valence-electron chi connectivity index (χ2n) is 9.28. The fraction of sp³-hybridized carbons (Fsp3) is 0.407. The number of rotatable bonds is 10. The molecule has 0 spiro atoms. The molecule has 2 aromatic rings. The van der Waals surface area contributed by atoms with Gasteiger partial charge >= 0.3 is 0 Å². The number of Topliss-reactive ketones (excluding diaryl/α,β-unsaturated/α-hetero) is 1. The molecule has 35 heavy (non-hydrogen) atoms. The van der Waals surface area contributed by atoms with Crippen LogP contribution in [0.25, 0.3) is 5.76 Å². The number of aliphatic hydroxyl groups is 1. The first-order valence-corrected chi connectivity index (χ1v) is 12.0. The summed E-state index contributed by atoms with van der Waals surface area (Å²) in [5.74, 6) is -0.286. The summed E-state index contributed by atoms with van der Waals surface area (Å²) in [6, 6.07) is 11.3. The Morgan fingerprint density at radius 2 is 1.91 bits per heavy atom. The molecule has 1 amide bonds. The van der Waals surface area contributed by atoms with Gasteiger partial charge < -0.3 is 24.4 Å². The smallest absolute Gasteiger partial charge is 0.295 e. The van der Waals surface area contributed by atoms with Crippen LogP contribution >= 0.6 is 11.6 Å². The van der Waals surface area contributed by atoms with E-state index in [2.05, 4.69) is 13.8 Å². The maximum Gasteiger partial charge on any atom is 0.295 e. The van der Waals surface area contributed by atoms with Gasteiger partial charge in [-0.3, -0.25) is 9.59 Å². The standard InChI is InChI=1S/C27H33ClN2O5/c1-17(2)16-35-20-9-6-8-18(14-20)24-23(25(31)19-10-11-21(28)22(15-19)34-5)26(32)27(33)30(24)13-7-12-29(3)4/h6,8-11,14-15,17,24,31H,7,12-13,16H2,1-5H3/b25-23-. The molecule has 3 rings (SSSR count). The molecule has 1 aliphatic heterocycles. The number of ether oxygens (including phenoxy) is 2. The number of likely N-dealkylation sites (tertiary alicyclic amines) is 1. The van der Waals surface area contributed by atoms with E-state index in [0.29, 0.717) is 53.1 Å². The summed E-state index contributed by atoms with van der Waals surface area (Å²) < 4.78 is 11.2. The van der Waals surface area contributed by atoms with E-state index in [0.717, 1.165) is 6.54 Å². The Balaban J connectivity index is 2.10. The number of carbonyl (C=O) groups is 2. The first kappa shape index (κ1) is 26.6. The van der Waals surface area contributed by atoms with Crippen molar-refractivity contribution >= 4 is 29.1 Å². The van der Waals surface area contributed by atoms with Crippen LogP contribution in [0.2, 0.25) is 5.02 Å². The zero-order valence-electron chi connectivity index (χ0n) is 20.9. The molecule has 0 radical (unpaired) electrons. The summed E-state index contributed by atoms with van der Waals surface area (Å²) >= 11 is 6.14. The van der Waals surface area contributed by atoms with Crippen molar-refractivity contribution in [2.45, 2.75) is 26.3 Å². The normalized spacial score (nSPS) is 17.5. The van der Waals surface area contributed by atoms with Crippen LogP contribution in [0, 0.1) is 5.92 Å². The van der Waals surface area contributed by atoms with Gasteiger partial charge in [-0.05, 0) is 68.9 Å². The zero-order valence-corrected chi connectivity index (χ0v) is 21.6. The minimum atomic E-state index is -0.749. The van der Waals surface area contributed by atoms with E-state index in [1.807, 2.05) is 43.3 Å². The Bertz CT molecular complexity index is 1110. The molecule has 1 fully saturated rings. The average Bonchev–Trinajstić information content (AvgIpc) is 3.07. The van der Waals surface area contributed by atoms with Crippen molar-refractivity contribution < 1.29 is 24.2 Å². The van der Waals surface area contributed by atoms with Gasteiger partial charge in [0.05, 0.1) is 30.4 Å². The van der Waals surface area contributed by atoms with E-state index in [-0.39, 0.29) is 11.3 Å². The minimum Gasteiger partial charge on any atom is -0.507 e. The van der Waals surface area contributed by atoms with Crippen LogP contribution in [0.5, 0.6) is 11.5 Å². The molecular formula is C27H33ClN2O5. The van der Waals surface area contributed by atoms with Gasteiger partial charge in [-0.1, -0.05) is 37.6 Å². The average molecular weight is 501 g/mol. The molecule has 1 unspecified atom stereocenters. The van der Waals surface area contributed by atoms with Gasteiger partial charge in [0.15, 0.2) is 0 Å². The summed E-state index contributed by atoms with van der Waals surface area (Å²) in [7, 11) is 5.38. The SMILES string of the molecule is COc1cc(/C(O)=C2/C(=O)C(=O)N(CCCN(C)C)C2c2cccc(OCC(C)C)c2)ccc1Cl. The van der Waals surface area contributed by atoms with Crippen molar-refractivity contribution in [3.8, 4) is 11.5 Å². The monoisotopic (exact) mass is 500 g/mol. The van der Waals surface area contributed by atoms with Gasteiger partial charge in [0, 0.05) is 12.1 Å². The minimum absolute atomic E-state index is 0.0326.